The molecule has 1 amide bonds. The molecule has 0 saturated carbocycles. The second kappa shape index (κ2) is 7.94. The molecule has 1 aromatic heterocycles. The molecule has 6 nitrogen and oxygen atoms in total. The summed E-state index contributed by atoms with van der Waals surface area (Å²) >= 11 is 3.49. The Bertz CT molecular complexity index is 835. The Morgan fingerprint density at radius 1 is 1.20 bits per heavy atom. The number of likely N-dealkylation sites (N-methyl/N-ethyl adjacent to an activating group) is 1. The molecule has 3 aromatic rings. The molecule has 3 rings (SSSR count). The van der Waals surface area contributed by atoms with E-state index in [1.165, 1.54) is 6.39 Å². The van der Waals surface area contributed by atoms with Crippen molar-refractivity contribution >= 4 is 21.8 Å². The van der Waals surface area contributed by atoms with Crippen molar-refractivity contribution in [3.63, 3.8) is 0 Å². The number of carbonyl (C=O) groups excluding carboxylic acids is 1. The third-order valence-corrected chi connectivity index (χ3v) is 4.39. The molecule has 0 saturated heterocycles. The van der Waals surface area contributed by atoms with Crippen LogP contribution in [0, 0.1) is 0 Å². The van der Waals surface area contributed by atoms with Crippen molar-refractivity contribution in [2.75, 3.05) is 13.7 Å². The van der Waals surface area contributed by atoms with Gasteiger partial charge in [0.15, 0.2) is 6.61 Å². The van der Waals surface area contributed by atoms with E-state index in [1.54, 1.807) is 36.2 Å². The topological polar surface area (TPSA) is 68.5 Å². The average molecular weight is 402 g/mol. The molecule has 0 spiro atoms. The number of ether oxygens (including phenoxy) is 1. The first-order valence-corrected chi connectivity index (χ1v) is 8.39. The molecule has 0 atom stereocenters. The summed E-state index contributed by atoms with van der Waals surface area (Å²) in [7, 11) is 1.75. The van der Waals surface area contributed by atoms with E-state index in [0.717, 1.165) is 15.6 Å². The van der Waals surface area contributed by atoms with E-state index < -0.39 is 0 Å². The molecule has 0 unspecified atom stereocenters. The van der Waals surface area contributed by atoms with Gasteiger partial charge in [-0.3, -0.25) is 4.79 Å². The normalized spacial score (nSPS) is 10.5. The zero-order valence-corrected chi connectivity index (χ0v) is 15.1. The van der Waals surface area contributed by atoms with Crippen LogP contribution in [-0.2, 0) is 11.3 Å². The Morgan fingerprint density at radius 2 is 1.96 bits per heavy atom. The van der Waals surface area contributed by atoms with Gasteiger partial charge in [0, 0.05) is 23.6 Å². The molecule has 0 bridgehead atoms. The molecule has 0 N–H and O–H groups in total. The lowest BCUT2D eigenvalue weighted by atomic mass is 10.2. The Hall–Kier alpha value is -2.67. The van der Waals surface area contributed by atoms with Crippen LogP contribution < -0.4 is 4.74 Å². The molecule has 128 valence electrons. The van der Waals surface area contributed by atoms with Crippen LogP contribution in [0.25, 0.3) is 11.5 Å². The van der Waals surface area contributed by atoms with Crippen LogP contribution in [0.4, 0.5) is 0 Å². The van der Waals surface area contributed by atoms with Gasteiger partial charge in [0.25, 0.3) is 5.91 Å². The van der Waals surface area contributed by atoms with Crippen molar-refractivity contribution in [3.05, 3.63) is 65.0 Å². The first-order valence-electron chi connectivity index (χ1n) is 7.60. The molecule has 25 heavy (non-hydrogen) atoms. The van der Waals surface area contributed by atoms with E-state index in [4.69, 9.17) is 9.15 Å². The van der Waals surface area contributed by atoms with E-state index in [1.807, 2.05) is 24.3 Å². The lowest BCUT2D eigenvalue weighted by molar-refractivity contribution is -0.132. The van der Waals surface area contributed by atoms with Crippen LogP contribution in [0.2, 0.25) is 0 Å². The fourth-order valence-corrected chi connectivity index (χ4v) is 2.63. The molecule has 0 fully saturated rings. The number of nitrogens with zero attached hydrogens (tertiary/aromatic N) is 3. The first-order chi connectivity index (χ1) is 12.1. The zero-order valence-electron chi connectivity index (χ0n) is 13.6. The maximum atomic E-state index is 12.2. The van der Waals surface area contributed by atoms with E-state index in [-0.39, 0.29) is 12.5 Å². The largest absolute Gasteiger partial charge is 0.484 e. The lowest BCUT2D eigenvalue weighted by Crippen LogP contribution is -2.31. The van der Waals surface area contributed by atoms with Crippen LogP contribution in [0.5, 0.6) is 5.75 Å². The number of hydrogen-bond acceptors (Lipinski definition) is 5. The van der Waals surface area contributed by atoms with E-state index in [9.17, 15) is 4.79 Å². The molecule has 7 heteroatoms. The zero-order chi connectivity index (χ0) is 17.6. The maximum Gasteiger partial charge on any atom is 0.260 e. The summed E-state index contributed by atoms with van der Waals surface area (Å²) in [4.78, 5) is 13.9. The van der Waals surface area contributed by atoms with E-state index >= 15 is 0 Å². The van der Waals surface area contributed by atoms with Gasteiger partial charge in [-0.15, -0.1) is 10.2 Å². The summed E-state index contributed by atoms with van der Waals surface area (Å²) in [5.41, 5.74) is 1.84. The SMILES string of the molecule is CN(Cc1ccccc1Br)C(=O)COc1ccc(-c2nnco2)cc1. The van der Waals surface area contributed by atoms with Gasteiger partial charge in [-0.25, -0.2) is 0 Å². The Labute approximate surface area is 153 Å². The summed E-state index contributed by atoms with van der Waals surface area (Å²) in [5, 5.41) is 7.48. The highest BCUT2D eigenvalue weighted by atomic mass is 79.9. The fourth-order valence-electron chi connectivity index (χ4n) is 2.22. The van der Waals surface area contributed by atoms with Crippen molar-refractivity contribution in [1.29, 1.82) is 0 Å². The summed E-state index contributed by atoms with van der Waals surface area (Å²) in [6.45, 7) is 0.487. The number of aromatic nitrogens is 2. The minimum atomic E-state index is -0.100. The third kappa shape index (κ3) is 4.45. The number of benzene rings is 2. The standard InChI is InChI=1S/C18H16BrN3O3/c1-22(10-14-4-2-3-5-16(14)19)17(23)11-24-15-8-6-13(7-9-15)18-21-20-12-25-18/h2-9,12H,10-11H2,1H3. The highest BCUT2D eigenvalue weighted by Crippen LogP contribution is 2.20. The van der Waals surface area contributed by atoms with Gasteiger partial charge < -0.3 is 14.1 Å². The minimum absolute atomic E-state index is 0.0269. The first kappa shape index (κ1) is 17.2. The van der Waals surface area contributed by atoms with Crippen molar-refractivity contribution in [3.8, 4) is 17.2 Å². The molecule has 0 aliphatic rings. The van der Waals surface area contributed by atoms with Gasteiger partial charge >= 0.3 is 0 Å². The highest BCUT2D eigenvalue weighted by Gasteiger charge is 2.12. The van der Waals surface area contributed by atoms with Gasteiger partial charge in [0.2, 0.25) is 12.3 Å². The predicted molar refractivity (Wildman–Crippen MR) is 95.8 cm³/mol. The molecule has 1 heterocycles. The van der Waals surface area contributed by atoms with Crippen LogP contribution in [0.15, 0.2) is 63.8 Å². The van der Waals surface area contributed by atoms with Crippen molar-refractivity contribution in [2.24, 2.45) is 0 Å². The number of hydrogen-bond donors (Lipinski definition) is 0. The Balaban J connectivity index is 1.54. The molecule has 0 aliphatic heterocycles. The number of carbonyl (C=O) groups is 1. The van der Waals surface area contributed by atoms with Crippen LogP contribution in [-0.4, -0.2) is 34.7 Å². The maximum absolute atomic E-state index is 12.2. The third-order valence-electron chi connectivity index (χ3n) is 3.61. The van der Waals surface area contributed by atoms with Crippen LogP contribution >= 0.6 is 15.9 Å². The van der Waals surface area contributed by atoms with Gasteiger partial charge in [-0.05, 0) is 35.9 Å². The number of halogens is 1. The molecule has 0 radical (unpaired) electrons. The molecular weight excluding hydrogens is 386 g/mol. The Kier molecular flexibility index (Phi) is 5.45. The van der Waals surface area contributed by atoms with E-state index in [0.29, 0.717) is 18.2 Å². The monoisotopic (exact) mass is 401 g/mol. The molecule has 0 aliphatic carbocycles. The second-order valence-corrected chi connectivity index (χ2v) is 6.25. The smallest absolute Gasteiger partial charge is 0.260 e. The van der Waals surface area contributed by atoms with Crippen LogP contribution in [0.3, 0.4) is 0 Å². The van der Waals surface area contributed by atoms with Gasteiger partial charge in [-0.2, -0.15) is 0 Å². The molecule has 2 aromatic carbocycles. The Morgan fingerprint density at radius 3 is 2.64 bits per heavy atom. The van der Waals surface area contributed by atoms with Crippen molar-refractivity contribution in [1.82, 2.24) is 15.1 Å². The van der Waals surface area contributed by atoms with Crippen molar-refractivity contribution in [2.45, 2.75) is 6.54 Å². The minimum Gasteiger partial charge on any atom is -0.484 e. The van der Waals surface area contributed by atoms with Gasteiger partial charge in [0.1, 0.15) is 5.75 Å². The summed E-state index contributed by atoms with van der Waals surface area (Å²) in [6.07, 6.45) is 1.28. The predicted octanol–water partition coefficient (Wildman–Crippen LogP) is 3.54. The second-order valence-electron chi connectivity index (χ2n) is 5.40. The van der Waals surface area contributed by atoms with Gasteiger partial charge in [0.05, 0.1) is 0 Å². The summed E-state index contributed by atoms with van der Waals surface area (Å²) in [6, 6.07) is 15.0. The number of rotatable bonds is 6. The fraction of sp³-hybridized carbons (Fsp3) is 0.167. The quantitative estimate of drug-likeness (QED) is 0.631. The molecular formula is C18H16BrN3O3. The van der Waals surface area contributed by atoms with Gasteiger partial charge in [-0.1, -0.05) is 34.1 Å². The number of amides is 1. The summed E-state index contributed by atoms with van der Waals surface area (Å²) < 4.78 is 11.7. The van der Waals surface area contributed by atoms with E-state index in [2.05, 4.69) is 26.1 Å². The highest BCUT2D eigenvalue weighted by molar-refractivity contribution is 9.10. The lowest BCUT2D eigenvalue weighted by Gasteiger charge is -2.18. The average Bonchev–Trinajstić information content (AvgIpc) is 3.16. The van der Waals surface area contributed by atoms with Crippen molar-refractivity contribution < 1.29 is 13.9 Å². The summed E-state index contributed by atoms with van der Waals surface area (Å²) in [5.74, 6) is 0.943. The van der Waals surface area contributed by atoms with Crippen LogP contribution in [0.1, 0.15) is 5.56 Å².